The molecule has 0 amide bonds. The van der Waals surface area contributed by atoms with Gasteiger partial charge in [-0.2, -0.15) is 0 Å². The molecule has 0 fully saturated rings. The van der Waals surface area contributed by atoms with Gasteiger partial charge >= 0.3 is 11.9 Å². The van der Waals surface area contributed by atoms with E-state index in [1.807, 2.05) is 0 Å². The van der Waals surface area contributed by atoms with Crippen LogP contribution in [0.4, 0.5) is 5.69 Å². The normalized spacial score (nSPS) is 12.4. The Morgan fingerprint density at radius 1 is 1.19 bits per heavy atom. The minimum atomic E-state index is -4.03. The van der Waals surface area contributed by atoms with E-state index in [-0.39, 0.29) is 11.3 Å². The van der Waals surface area contributed by atoms with E-state index in [1.54, 1.807) is 13.0 Å². The van der Waals surface area contributed by atoms with Crippen LogP contribution in [-0.2, 0) is 24.3 Å². The fourth-order valence-electron chi connectivity index (χ4n) is 1.56. The Balaban J connectivity index is 3.19. The molecule has 1 rings (SSSR count). The first-order chi connectivity index (χ1) is 9.72. The lowest BCUT2D eigenvalue weighted by Gasteiger charge is -2.15. The van der Waals surface area contributed by atoms with Gasteiger partial charge in [-0.25, -0.2) is 13.2 Å². The van der Waals surface area contributed by atoms with Gasteiger partial charge in [0.15, 0.2) is 5.25 Å². The van der Waals surface area contributed by atoms with E-state index in [9.17, 15) is 18.0 Å². The summed E-state index contributed by atoms with van der Waals surface area (Å²) in [6.45, 7) is 2.95. The van der Waals surface area contributed by atoms with E-state index < -0.39 is 27.2 Å². The molecule has 0 bridgehead atoms. The Labute approximate surface area is 123 Å². The van der Waals surface area contributed by atoms with Crippen molar-refractivity contribution < 1.29 is 27.5 Å². The topological polar surface area (TPSA) is 98.8 Å². The summed E-state index contributed by atoms with van der Waals surface area (Å²) in [6.07, 6.45) is 0. The van der Waals surface area contributed by atoms with Crippen LogP contribution < -0.4 is 4.72 Å². The van der Waals surface area contributed by atoms with Gasteiger partial charge in [0, 0.05) is 0 Å². The predicted molar refractivity (Wildman–Crippen MR) is 76.5 cm³/mol. The number of benzene rings is 1. The van der Waals surface area contributed by atoms with Crippen LogP contribution in [0.1, 0.15) is 22.8 Å². The summed E-state index contributed by atoms with van der Waals surface area (Å²) in [5, 5.41) is -1.41. The number of sulfonamides is 1. The molecular weight excluding hydrogens is 298 g/mol. The Bertz CT molecular complexity index is 653. The highest BCUT2D eigenvalue weighted by atomic mass is 32.2. The SMILES string of the molecule is COC(=O)c1cc(C)ccc1NS(=O)(=O)C(C)C(=O)OC. The van der Waals surface area contributed by atoms with Gasteiger partial charge in [-0.1, -0.05) is 11.6 Å². The van der Waals surface area contributed by atoms with Gasteiger partial charge in [0.2, 0.25) is 10.0 Å². The van der Waals surface area contributed by atoms with Gasteiger partial charge in [0.25, 0.3) is 0 Å². The third-order valence-electron chi connectivity index (χ3n) is 2.83. The molecule has 0 heterocycles. The number of esters is 2. The molecular formula is C13H17NO6S. The minimum Gasteiger partial charge on any atom is -0.468 e. The summed E-state index contributed by atoms with van der Waals surface area (Å²) >= 11 is 0. The first-order valence-corrected chi connectivity index (χ1v) is 7.56. The molecule has 1 aromatic carbocycles. The molecule has 116 valence electrons. The third-order valence-corrected chi connectivity index (χ3v) is 4.46. The van der Waals surface area contributed by atoms with Crippen molar-refractivity contribution in [1.82, 2.24) is 0 Å². The first-order valence-electron chi connectivity index (χ1n) is 6.01. The predicted octanol–water partition coefficient (Wildman–Crippen LogP) is 1.08. The Kier molecular flexibility index (Phi) is 5.31. The van der Waals surface area contributed by atoms with Crippen molar-refractivity contribution in [2.24, 2.45) is 0 Å². The zero-order chi connectivity index (χ0) is 16.2. The lowest BCUT2D eigenvalue weighted by atomic mass is 10.1. The summed E-state index contributed by atoms with van der Waals surface area (Å²) in [4.78, 5) is 23.0. The first kappa shape index (κ1) is 17.0. The Hall–Kier alpha value is -2.09. The van der Waals surface area contributed by atoms with Crippen molar-refractivity contribution in [1.29, 1.82) is 0 Å². The van der Waals surface area contributed by atoms with Gasteiger partial charge < -0.3 is 9.47 Å². The van der Waals surface area contributed by atoms with Crippen molar-refractivity contribution in [3.05, 3.63) is 29.3 Å². The van der Waals surface area contributed by atoms with Gasteiger partial charge in [-0.05, 0) is 26.0 Å². The maximum Gasteiger partial charge on any atom is 0.340 e. The van der Waals surface area contributed by atoms with E-state index in [2.05, 4.69) is 14.2 Å². The molecule has 1 unspecified atom stereocenters. The van der Waals surface area contributed by atoms with Crippen molar-refractivity contribution in [2.75, 3.05) is 18.9 Å². The molecule has 0 aliphatic heterocycles. The van der Waals surface area contributed by atoms with Crippen molar-refractivity contribution in [2.45, 2.75) is 19.1 Å². The second-order valence-corrected chi connectivity index (χ2v) is 6.35. The number of rotatable bonds is 5. The molecule has 0 aliphatic rings. The van der Waals surface area contributed by atoms with Crippen LogP contribution in [0.3, 0.4) is 0 Å². The van der Waals surface area contributed by atoms with Gasteiger partial charge in [0.05, 0.1) is 25.5 Å². The minimum absolute atomic E-state index is 0.0446. The number of nitrogens with one attached hydrogen (secondary N) is 1. The maximum absolute atomic E-state index is 12.1. The van der Waals surface area contributed by atoms with Crippen LogP contribution in [-0.4, -0.2) is 39.8 Å². The zero-order valence-corrected chi connectivity index (χ0v) is 13.0. The Morgan fingerprint density at radius 3 is 2.33 bits per heavy atom. The molecule has 8 heteroatoms. The number of aryl methyl sites for hydroxylation is 1. The third kappa shape index (κ3) is 3.94. The molecule has 1 aromatic rings. The summed E-state index contributed by atoms with van der Waals surface area (Å²) in [5.74, 6) is -1.57. The highest BCUT2D eigenvalue weighted by Crippen LogP contribution is 2.21. The number of methoxy groups -OCH3 is 2. The number of hydrogen-bond acceptors (Lipinski definition) is 6. The highest BCUT2D eigenvalue weighted by Gasteiger charge is 2.30. The standard InChI is InChI=1S/C13H17NO6S/c1-8-5-6-11(10(7-8)13(16)20-4)14-21(17,18)9(2)12(15)19-3/h5-7,9,14H,1-4H3. The summed E-state index contributed by atoms with van der Waals surface area (Å²) < 4.78 is 35.4. The van der Waals surface area contributed by atoms with Crippen LogP contribution in [0, 0.1) is 6.92 Å². The summed E-state index contributed by atoms with van der Waals surface area (Å²) in [7, 11) is -1.74. The largest absolute Gasteiger partial charge is 0.468 e. The molecule has 0 saturated heterocycles. The lowest BCUT2D eigenvalue weighted by molar-refractivity contribution is -0.139. The van der Waals surface area contributed by atoms with Crippen LogP contribution in [0.2, 0.25) is 0 Å². The van der Waals surface area contributed by atoms with Gasteiger partial charge in [-0.3, -0.25) is 9.52 Å². The average molecular weight is 315 g/mol. The number of carbonyl (C=O) groups is 2. The Morgan fingerprint density at radius 2 is 1.81 bits per heavy atom. The van der Waals surface area contributed by atoms with E-state index in [4.69, 9.17) is 0 Å². The van der Waals surface area contributed by atoms with Crippen LogP contribution in [0.15, 0.2) is 18.2 Å². The van der Waals surface area contributed by atoms with Crippen LogP contribution in [0.25, 0.3) is 0 Å². The van der Waals surface area contributed by atoms with Crippen LogP contribution in [0.5, 0.6) is 0 Å². The average Bonchev–Trinajstić information content (AvgIpc) is 2.46. The molecule has 1 N–H and O–H groups in total. The van der Waals surface area contributed by atoms with E-state index in [1.165, 1.54) is 26.2 Å². The van der Waals surface area contributed by atoms with Gasteiger partial charge in [0.1, 0.15) is 0 Å². The molecule has 0 saturated carbocycles. The molecule has 0 aromatic heterocycles. The fourth-order valence-corrected chi connectivity index (χ4v) is 2.57. The second-order valence-electron chi connectivity index (χ2n) is 4.35. The number of hydrogen-bond donors (Lipinski definition) is 1. The molecule has 0 radical (unpaired) electrons. The van der Waals surface area contributed by atoms with E-state index in [0.717, 1.165) is 12.7 Å². The van der Waals surface area contributed by atoms with Crippen molar-refractivity contribution in [3.8, 4) is 0 Å². The van der Waals surface area contributed by atoms with E-state index in [0.29, 0.717) is 0 Å². The highest BCUT2D eigenvalue weighted by molar-refractivity contribution is 7.94. The van der Waals surface area contributed by atoms with Crippen molar-refractivity contribution >= 4 is 27.6 Å². The quantitative estimate of drug-likeness (QED) is 0.817. The number of carbonyl (C=O) groups excluding carboxylic acids is 2. The second kappa shape index (κ2) is 6.57. The van der Waals surface area contributed by atoms with Crippen molar-refractivity contribution in [3.63, 3.8) is 0 Å². The molecule has 21 heavy (non-hydrogen) atoms. The summed E-state index contributed by atoms with van der Waals surface area (Å²) in [5.41, 5.74) is 0.876. The van der Waals surface area contributed by atoms with Gasteiger partial charge in [-0.15, -0.1) is 0 Å². The zero-order valence-electron chi connectivity index (χ0n) is 12.2. The smallest absolute Gasteiger partial charge is 0.340 e. The van der Waals surface area contributed by atoms with Crippen LogP contribution >= 0.6 is 0 Å². The number of anilines is 1. The lowest BCUT2D eigenvalue weighted by Crippen LogP contribution is -2.33. The number of ether oxygens (including phenoxy) is 2. The molecule has 0 spiro atoms. The summed E-state index contributed by atoms with van der Waals surface area (Å²) in [6, 6.07) is 4.56. The molecule has 0 aliphatic carbocycles. The monoisotopic (exact) mass is 315 g/mol. The maximum atomic E-state index is 12.1. The molecule has 1 atom stereocenters. The van der Waals surface area contributed by atoms with E-state index >= 15 is 0 Å². The fraction of sp³-hybridized carbons (Fsp3) is 0.385. The molecule has 7 nitrogen and oxygen atoms in total.